The van der Waals surface area contributed by atoms with Crippen LogP contribution in [-0.2, 0) is 9.59 Å². The molecular weight excluding hydrogens is 536 g/mol. The van der Waals surface area contributed by atoms with Crippen LogP contribution in [0, 0.1) is 11.8 Å². The topological polar surface area (TPSA) is 157 Å². The van der Waals surface area contributed by atoms with Crippen LogP contribution in [0.2, 0.25) is 0 Å². The Balaban J connectivity index is 1.39. The molecule has 2 aliphatic carbocycles. The first-order valence-electron chi connectivity index (χ1n) is 14.4. The number of nitrogens with two attached hydrogens (primary N) is 1. The van der Waals surface area contributed by atoms with Gasteiger partial charge in [-0.15, -0.1) is 23.5 Å². The van der Waals surface area contributed by atoms with Crippen molar-refractivity contribution in [1.29, 1.82) is 0 Å². The molecule has 222 valence electrons. The van der Waals surface area contributed by atoms with Gasteiger partial charge in [0.15, 0.2) is 0 Å². The summed E-state index contributed by atoms with van der Waals surface area (Å²) in [6.45, 7) is 4.37. The van der Waals surface area contributed by atoms with Crippen LogP contribution in [0.3, 0.4) is 0 Å². The SMILES string of the molecule is C/C=C(\SC(C)C1NC2CCC=CC2S1)C1CCC(CCC(O)N[C@@H](CCC(=O)O)C(=O)NCC(N)O)CC1. The molecular formula is C28H48N4O5S2. The minimum absolute atomic E-state index is 0.0408. The first-order valence-corrected chi connectivity index (χ1v) is 16.3. The Morgan fingerprint density at radius 2 is 1.95 bits per heavy atom. The minimum Gasteiger partial charge on any atom is -0.481 e. The van der Waals surface area contributed by atoms with Crippen molar-refractivity contribution < 1.29 is 24.9 Å². The summed E-state index contributed by atoms with van der Waals surface area (Å²) in [6.07, 6.45) is 13.0. The molecule has 1 saturated heterocycles. The van der Waals surface area contributed by atoms with Crippen molar-refractivity contribution in [3.63, 3.8) is 0 Å². The molecule has 8 N–H and O–H groups in total. The van der Waals surface area contributed by atoms with Crippen LogP contribution in [0.1, 0.15) is 78.1 Å². The largest absolute Gasteiger partial charge is 0.481 e. The molecule has 3 rings (SSSR count). The molecule has 1 amide bonds. The number of carbonyl (C=O) groups excluding carboxylic acids is 1. The van der Waals surface area contributed by atoms with E-state index < -0.39 is 30.4 Å². The number of rotatable bonds is 15. The normalized spacial score (nSPS) is 30.3. The van der Waals surface area contributed by atoms with Crippen molar-refractivity contribution in [2.24, 2.45) is 17.6 Å². The number of hydrogen-bond acceptors (Lipinski definition) is 9. The van der Waals surface area contributed by atoms with Crippen molar-refractivity contribution in [1.82, 2.24) is 16.0 Å². The van der Waals surface area contributed by atoms with Gasteiger partial charge in [-0.05, 0) is 81.5 Å². The van der Waals surface area contributed by atoms with Crippen molar-refractivity contribution >= 4 is 35.4 Å². The molecule has 1 heterocycles. The summed E-state index contributed by atoms with van der Waals surface area (Å²) < 4.78 is 0. The Kier molecular flexibility index (Phi) is 13.6. The number of nitrogens with one attached hydrogen (secondary N) is 3. The number of aliphatic hydroxyl groups is 2. The second kappa shape index (κ2) is 16.4. The zero-order valence-corrected chi connectivity index (χ0v) is 24.9. The van der Waals surface area contributed by atoms with Gasteiger partial charge in [-0.3, -0.25) is 14.9 Å². The third-order valence-corrected chi connectivity index (χ3v) is 11.3. The first-order chi connectivity index (χ1) is 18.7. The highest BCUT2D eigenvalue weighted by atomic mass is 32.2. The second-order valence-electron chi connectivity index (χ2n) is 11.1. The molecule has 3 aliphatic rings. The highest BCUT2D eigenvalue weighted by Crippen LogP contribution is 2.44. The molecule has 0 aromatic heterocycles. The van der Waals surface area contributed by atoms with E-state index in [9.17, 15) is 19.8 Å². The maximum Gasteiger partial charge on any atom is 0.303 e. The third kappa shape index (κ3) is 10.7. The van der Waals surface area contributed by atoms with Crippen molar-refractivity contribution in [3.05, 3.63) is 23.1 Å². The maximum atomic E-state index is 12.4. The summed E-state index contributed by atoms with van der Waals surface area (Å²) in [4.78, 5) is 24.9. The molecule has 0 spiro atoms. The summed E-state index contributed by atoms with van der Waals surface area (Å²) in [5, 5.41) is 39.6. The summed E-state index contributed by atoms with van der Waals surface area (Å²) in [6, 6.07) is -0.252. The number of thioether (sulfide) groups is 2. The fourth-order valence-electron chi connectivity index (χ4n) is 5.80. The van der Waals surface area contributed by atoms with E-state index in [-0.39, 0.29) is 19.4 Å². The van der Waals surface area contributed by atoms with Crippen molar-refractivity contribution in [3.8, 4) is 0 Å². The second-order valence-corrected chi connectivity index (χ2v) is 13.9. The Hall–Kier alpha value is -1.08. The number of carbonyl (C=O) groups is 2. The molecule has 9 nitrogen and oxygen atoms in total. The Morgan fingerprint density at radius 3 is 2.59 bits per heavy atom. The van der Waals surface area contributed by atoms with E-state index in [4.69, 9.17) is 10.8 Å². The van der Waals surface area contributed by atoms with Crippen molar-refractivity contribution in [2.45, 2.75) is 118 Å². The van der Waals surface area contributed by atoms with Gasteiger partial charge in [-0.2, -0.15) is 0 Å². The lowest BCUT2D eigenvalue weighted by molar-refractivity contribution is -0.137. The van der Waals surface area contributed by atoms with Gasteiger partial charge in [0.25, 0.3) is 0 Å². The molecule has 0 bridgehead atoms. The van der Waals surface area contributed by atoms with E-state index in [0.717, 1.165) is 32.1 Å². The number of aliphatic hydroxyl groups excluding tert-OH is 2. The molecule has 6 unspecified atom stereocenters. The fourth-order valence-corrected chi connectivity index (χ4v) is 8.77. The van der Waals surface area contributed by atoms with Gasteiger partial charge < -0.3 is 31.7 Å². The Bertz CT molecular complexity index is 850. The van der Waals surface area contributed by atoms with Gasteiger partial charge in [-0.1, -0.05) is 25.2 Å². The predicted octanol–water partition coefficient (Wildman–Crippen LogP) is 2.88. The monoisotopic (exact) mass is 584 g/mol. The number of aliphatic carboxylic acids is 1. The number of carboxylic acid groups (broad SMARTS) is 1. The average molecular weight is 585 g/mol. The average Bonchev–Trinajstić information content (AvgIpc) is 3.36. The van der Waals surface area contributed by atoms with Gasteiger partial charge in [-0.25, -0.2) is 0 Å². The number of allylic oxidation sites excluding steroid dienone is 3. The van der Waals surface area contributed by atoms with Crippen molar-refractivity contribution in [2.75, 3.05) is 6.54 Å². The molecule has 11 heteroatoms. The van der Waals surface area contributed by atoms with Gasteiger partial charge in [0.05, 0.1) is 18.0 Å². The van der Waals surface area contributed by atoms with Crippen LogP contribution in [0.15, 0.2) is 23.1 Å². The van der Waals surface area contributed by atoms with Crippen LogP contribution < -0.4 is 21.7 Å². The van der Waals surface area contributed by atoms with E-state index in [2.05, 4.69) is 59.8 Å². The molecule has 0 aromatic rings. The predicted molar refractivity (Wildman–Crippen MR) is 159 cm³/mol. The fraction of sp³-hybridized carbons (Fsp3) is 0.786. The zero-order valence-electron chi connectivity index (χ0n) is 23.3. The number of carboxylic acids is 1. The molecule has 39 heavy (non-hydrogen) atoms. The van der Waals surface area contributed by atoms with Gasteiger partial charge in [0, 0.05) is 23.0 Å². The van der Waals surface area contributed by atoms with E-state index in [1.54, 1.807) is 0 Å². The molecule has 1 aliphatic heterocycles. The maximum absolute atomic E-state index is 12.4. The highest BCUT2D eigenvalue weighted by molar-refractivity contribution is 8.06. The van der Waals surface area contributed by atoms with E-state index in [1.807, 2.05) is 11.8 Å². The lowest BCUT2D eigenvalue weighted by Gasteiger charge is -2.32. The van der Waals surface area contributed by atoms with Crippen LogP contribution >= 0.6 is 23.5 Å². The van der Waals surface area contributed by atoms with Crippen LogP contribution in [0.4, 0.5) is 0 Å². The smallest absolute Gasteiger partial charge is 0.303 e. The highest BCUT2D eigenvalue weighted by Gasteiger charge is 2.37. The summed E-state index contributed by atoms with van der Waals surface area (Å²) in [5.41, 5.74) is 5.27. The standard InChI is InChI=1S/C28H48N4O5S2/c1-3-22(38-17(2)28-32-20-6-4-5-7-23(20)39-28)19-11-8-18(9-12-19)10-14-25(34)31-21(13-15-26(35)36)27(37)30-16-24(29)33/h3,5,7,17-21,23-25,28,31-34H,4,6,8-16,29H2,1-2H3,(H,30,37)(H,35,36)/b22-3-/t17?,18?,19?,20?,21-,23?,24?,25?,28?/m0/s1. The molecule has 0 aromatic carbocycles. The summed E-state index contributed by atoms with van der Waals surface area (Å²) in [7, 11) is 0. The van der Waals surface area contributed by atoms with Crippen LogP contribution in [0.5, 0.6) is 0 Å². The Morgan fingerprint density at radius 1 is 1.21 bits per heavy atom. The summed E-state index contributed by atoms with van der Waals surface area (Å²) >= 11 is 4.11. The number of fused-ring (bicyclic) bond motifs is 1. The third-order valence-electron chi connectivity index (χ3n) is 8.02. The molecule has 2 fully saturated rings. The van der Waals surface area contributed by atoms with Gasteiger partial charge in [0.1, 0.15) is 12.5 Å². The molecule has 1 saturated carbocycles. The van der Waals surface area contributed by atoms with E-state index in [0.29, 0.717) is 40.2 Å². The van der Waals surface area contributed by atoms with Gasteiger partial charge in [0.2, 0.25) is 5.91 Å². The molecule has 0 radical (unpaired) electrons. The lowest BCUT2D eigenvalue weighted by atomic mass is 9.79. The Labute approximate surface area is 241 Å². The van der Waals surface area contributed by atoms with E-state index in [1.165, 1.54) is 17.7 Å². The zero-order chi connectivity index (χ0) is 28.4. The number of amides is 1. The quantitative estimate of drug-likeness (QED) is 0.113. The summed E-state index contributed by atoms with van der Waals surface area (Å²) in [5.74, 6) is -0.371. The van der Waals surface area contributed by atoms with Crippen LogP contribution in [0.25, 0.3) is 0 Å². The number of hydrogen-bond donors (Lipinski definition) is 7. The molecule has 7 atom stereocenters. The minimum atomic E-state index is -1.20. The first kappa shape index (κ1) is 32.4. The van der Waals surface area contributed by atoms with E-state index >= 15 is 0 Å². The van der Waals surface area contributed by atoms with Crippen LogP contribution in [-0.4, -0.2) is 74.2 Å². The van der Waals surface area contributed by atoms with Gasteiger partial charge >= 0.3 is 5.97 Å². The lowest BCUT2D eigenvalue weighted by Crippen LogP contribution is -2.50.